The van der Waals surface area contributed by atoms with E-state index in [0.717, 1.165) is 26.4 Å². The molecule has 0 radical (unpaired) electrons. The molecule has 2 heterocycles. The van der Waals surface area contributed by atoms with Gasteiger partial charge in [0, 0.05) is 16.1 Å². The Morgan fingerprint density at radius 1 is 1.03 bits per heavy atom. The van der Waals surface area contributed by atoms with Gasteiger partial charge in [0.1, 0.15) is 22.8 Å². The number of aromatic nitrogens is 2. The summed E-state index contributed by atoms with van der Waals surface area (Å²) >= 11 is 1.48. The summed E-state index contributed by atoms with van der Waals surface area (Å²) in [5.74, 6) is -0.188. The van der Waals surface area contributed by atoms with E-state index in [1.54, 1.807) is 12.1 Å². The third kappa shape index (κ3) is 3.69. The first-order chi connectivity index (χ1) is 14.3. The fraction of sp³-hybridized carbons (Fsp3) is 0.136. The lowest BCUT2D eigenvalue weighted by molar-refractivity contribution is 0.262. The second-order valence-electron chi connectivity index (χ2n) is 7.05. The normalized spacial score (nSPS) is 10.9. The summed E-state index contributed by atoms with van der Waals surface area (Å²) in [7, 11) is 0. The average molecular weight is 422 g/mol. The number of nitrogens with one attached hydrogen (secondary N) is 2. The minimum Gasteiger partial charge on any atom is -0.383 e. The van der Waals surface area contributed by atoms with Gasteiger partial charge in [-0.1, -0.05) is 12.1 Å². The van der Waals surface area contributed by atoms with Crippen molar-refractivity contribution in [1.82, 2.24) is 9.97 Å². The highest BCUT2D eigenvalue weighted by Crippen LogP contribution is 2.40. The molecule has 0 unspecified atom stereocenters. The summed E-state index contributed by atoms with van der Waals surface area (Å²) in [6.07, 6.45) is 1.42. The third-order valence-corrected chi connectivity index (χ3v) is 5.98. The van der Waals surface area contributed by atoms with E-state index >= 15 is 0 Å². The van der Waals surface area contributed by atoms with Crippen LogP contribution in [0.25, 0.3) is 21.3 Å². The molecule has 2 aromatic carbocycles. The molecular formula is C22H20FN5OS. The van der Waals surface area contributed by atoms with Crippen LogP contribution in [0.3, 0.4) is 0 Å². The Balaban J connectivity index is 1.59. The molecule has 2 amide bonds. The molecule has 8 heteroatoms. The van der Waals surface area contributed by atoms with Gasteiger partial charge in [0.05, 0.1) is 11.1 Å². The Labute approximate surface area is 177 Å². The maximum absolute atomic E-state index is 14.8. The Morgan fingerprint density at radius 2 is 1.83 bits per heavy atom. The van der Waals surface area contributed by atoms with E-state index in [1.807, 2.05) is 32.9 Å². The number of fused-ring (bicyclic) bond motifs is 1. The molecule has 0 saturated heterocycles. The highest BCUT2D eigenvalue weighted by molar-refractivity contribution is 7.19. The molecule has 4 aromatic rings. The summed E-state index contributed by atoms with van der Waals surface area (Å²) in [6, 6.07) is 9.74. The number of urea groups is 1. The maximum Gasteiger partial charge on any atom is 0.323 e. The minimum absolute atomic E-state index is 0.0847. The Bertz CT molecular complexity index is 1280. The monoisotopic (exact) mass is 421 g/mol. The summed E-state index contributed by atoms with van der Waals surface area (Å²) < 4.78 is 14.8. The zero-order valence-electron chi connectivity index (χ0n) is 16.7. The number of carbonyl (C=O) groups is 1. The van der Waals surface area contributed by atoms with Crippen LogP contribution in [-0.2, 0) is 0 Å². The number of nitrogens with zero attached hydrogens (tertiary/aromatic N) is 2. The minimum atomic E-state index is -0.545. The molecule has 4 rings (SSSR count). The number of carbonyl (C=O) groups excluding carboxylic acids is 1. The van der Waals surface area contributed by atoms with Gasteiger partial charge in [-0.2, -0.15) is 0 Å². The molecule has 0 aliphatic heterocycles. The summed E-state index contributed by atoms with van der Waals surface area (Å²) in [5.41, 5.74) is 10.4. The van der Waals surface area contributed by atoms with E-state index < -0.39 is 11.8 Å². The van der Waals surface area contributed by atoms with Crippen LogP contribution in [0.4, 0.5) is 26.4 Å². The summed E-state index contributed by atoms with van der Waals surface area (Å²) in [5, 5.41) is 5.99. The van der Waals surface area contributed by atoms with Gasteiger partial charge in [-0.05, 0) is 61.7 Å². The van der Waals surface area contributed by atoms with E-state index in [-0.39, 0.29) is 5.69 Å². The van der Waals surface area contributed by atoms with Crippen LogP contribution in [0.15, 0.2) is 42.7 Å². The standard InChI is InChI=1S/C22H20FN5OS/c1-11-4-6-15(8-12(11)2)27-22(29)28-17-7-5-14(9-16(17)23)18-13(3)30-21-19(18)20(24)25-10-26-21/h4-10H,1-3H3,(H2,24,25,26)(H2,27,28,29). The van der Waals surface area contributed by atoms with E-state index in [4.69, 9.17) is 5.73 Å². The van der Waals surface area contributed by atoms with Gasteiger partial charge in [0.15, 0.2) is 0 Å². The van der Waals surface area contributed by atoms with Gasteiger partial charge in [-0.15, -0.1) is 11.3 Å². The number of benzene rings is 2. The molecule has 30 heavy (non-hydrogen) atoms. The number of amides is 2. The van der Waals surface area contributed by atoms with Crippen molar-refractivity contribution in [3.05, 3.63) is 64.5 Å². The Morgan fingerprint density at radius 3 is 2.57 bits per heavy atom. The van der Waals surface area contributed by atoms with Gasteiger partial charge in [0.25, 0.3) is 0 Å². The van der Waals surface area contributed by atoms with Crippen LogP contribution in [0.2, 0.25) is 0 Å². The molecule has 6 nitrogen and oxygen atoms in total. The first-order valence-corrected chi connectivity index (χ1v) is 10.1. The molecule has 2 aromatic heterocycles. The van der Waals surface area contributed by atoms with Gasteiger partial charge in [0.2, 0.25) is 0 Å². The number of halogens is 1. The van der Waals surface area contributed by atoms with Gasteiger partial charge in [-0.25, -0.2) is 19.2 Å². The van der Waals surface area contributed by atoms with Crippen LogP contribution in [0.1, 0.15) is 16.0 Å². The van der Waals surface area contributed by atoms with Crippen molar-refractivity contribution in [1.29, 1.82) is 0 Å². The lowest BCUT2D eigenvalue weighted by Crippen LogP contribution is -2.20. The van der Waals surface area contributed by atoms with E-state index in [2.05, 4.69) is 20.6 Å². The molecule has 0 bridgehead atoms. The Kier molecular flexibility index (Phi) is 5.09. The SMILES string of the molecule is Cc1ccc(NC(=O)Nc2ccc(-c3c(C)sc4ncnc(N)c34)cc2F)cc1C. The lowest BCUT2D eigenvalue weighted by Gasteiger charge is -2.11. The topological polar surface area (TPSA) is 92.9 Å². The first kappa shape index (κ1) is 19.8. The molecule has 0 aliphatic carbocycles. The first-order valence-electron chi connectivity index (χ1n) is 9.28. The highest BCUT2D eigenvalue weighted by Gasteiger charge is 2.17. The fourth-order valence-corrected chi connectivity index (χ4v) is 4.31. The second-order valence-corrected chi connectivity index (χ2v) is 8.25. The molecule has 152 valence electrons. The summed E-state index contributed by atoms with van der Waals surface area (Å²) in [6.45, 7) is 5.89. The molecule has 0 aliphatic rings. The number of nitrogens with two attached hydrogens (primary N) is 1. The molecule has 0 saturated carbocycles. The average Bonchev–Trinajstić information content (AvgIpc) is 3.03. The molecular weight excluding hydrogens is 401 g/mol. The van der Waals surface area contributed by atoms with E-state index in [9.17, 15) is 9.18 Å². The Hall–Kier alpha value is -3.52. The molecule has 0 spiro atoms. The maximum atomic E-state index is 14.8. The smallest absolute Gasteiger partial charge is 0.323 e. The zero-order valence-corrected chi connectivity index (χ0v) is 17.5. The van der Waals surface area contributed by atoms with Crippen molar-refractivity contribution in [2.24, 2.45) is 0 Å². The van der Waals surface area contributed by atoms with Crippen molar-refractivity contribution in [3.63, 3.8) is 0 Å². The number of anilines is 3. The van der Waals surface area contributed by atoms with Crippen LogP contribution in [0, 0.1) is 26.6 Å². The number of hydrogen-bond donors (Lipinski definition) is 3. The summed E-state index contributed by atoms with van der Waals surface area (Å²) in [4.78, 5) is 22.3. The quantitative estimate of drug-likeness (QED) is 0.399. The predicted octanol–water partition coefficient (Wildman–Crippen LogP) is 5.65. The van der Waals surface area contributed by atoms with Crippen molar-refractivity contribution in [3.8, 4) is 11.1 Å². The van der Waals surface area contributed by atoms with Crippen molar-refractivity contribution >= 4 is 44.8 Å². The number of thiophene rings is 1. The largest absolute Gasteiger partial charge is 0.383 e. The van der Waals surface area contributed by atoms with Gasteiger partial charge in [-0.3, -0.25) is 0 Å². The molecule has 0 fully saturated rings. The number of hydrogen-bond acceptors (Lipinski definition) is 5. The highest BCUT2D eigenvalue weighted by atomic mass is 32.1. The van der Waals surface area contributed by atoms with Crippen LogP contribution in [0.5, 0.6) is 0 Å². The van der Waals surface area contributed by atoms with Gasteiger partial charge >= 0.3 is 6.03 Å². The molecule has 0 atom stereocenters. The van der Waals surface area contributed by atoms with E-state index in [0.29, 0.717) is 22.5 Å². The third-order valence-electron chi connectivity index (χ3n) is 4.96. The fourth-order valence-electron chi connectivity index (χ4n) is 3.29. The predicted molar refractivity (Wildman–Crippen MR) is 121 cm³/mol. The van der Waals surface area contributed by atoms with Crippen LogP contribution >= 0.6 is 11.3 Å². The van der Waals surface area contributed by atoms with Crippen LogP contribution in [-0.4, -0.2) is 16.0 Å². The van der Waals surface area contributed by atoms with Crippen molar-refractivity contribution in [2.75, 3.05) is 16.4 Å². The molecule has 4 N–H and O–H groups in total. The lowest BCUT2D eigenvalue weighted by atomic mass is 10.0. The zero-order chi connectivity index (χ0) is 21.4. The number of nitrogen functional groups attached to an aromatic ring is 1. The number of aryl methyl sites for hydroxylation is 3. The second kappa shape index (κ2) is 7.72. The van der Waals surface area contributed by atoms with Crippen molar-refractivity contribution in [2.45, 2.75) is 20.8 Å². The van der Waals surface area contributed by atoms with Crippen LogP contribution < -0.4 is 16.4 Å². The number of rotatable bonds is 3. The van der Waals surface area contributed by atoms with Gasteiger partial charge < -0.3 is 16.4 Å². The van der Waals surface area contributed by atoms with E-state index in [1.165, 1.54) is 29.8 Å². The van der Waals surface area contributed by atoms with Crippen molar-refractivity contribution < 1.29 is 9.18 Å².